The summed E-state index contributed by atoms with van der Waals surface area (Å²) in [7, 11) is 0. The lowest BCUT2D eigenvalue weighted by molar-refractivity contribution is -0.122. The maximum atomic E-state index is 12.3. The number of benzene rings is 1. The summed E-state index contributed by atoms with van der Waals surface area (Å²) in [6.45, 7) is 4.11. The minimum atomic E-state index is 0.0445. The Morgan fingerprint density at radius 3 is 2.78 bits per heavy atom. The number of carbonyl (C=O) groups excluding carboxylic acids is 1. The van der Waals surface area contributed by atoms with Gasteiger partial charge in [0.25, 0.3) is 0 Å². The average molecular weight is 358 g/mol. The second-order valence-electron chi connectivity index (χ2n) is 4.64. The molecule has 1 N–H and O–H groups in total. The smallest absolute Gasteiger partial charge is 0.241 e. The standard InChI is InChI=1S/C14H19IN2O/c1-2-17-10-4-3-5-13(17)14(18)16-12-8-6-11(15)7-9-12/h6-9,13H,2-5,10H2,1H3,(H,16,18)/t13-/m0/s1. The van der Waals surface area contributed by atoms with Crippen molar-refractivity contribution in [2.45, 2.75) is 32.2 Å². The predicted molar refractivity (Wildman–Crippen MR) is 82.7 cm³/mol. The summed E-state index contributed by atoms with van der Waals surface area (Å²) in [6.07, 6.45) is 3.34. The fourth-order valence-corrected chi connectivity index (χ4v) is 2.78. The van der Waals surface area contributed by atoms with E-state index in [0.717, 1.165) is 31.6 Å². The van der Waals surface area contributed by atoms with E-state index in [1.165, 1.54) is 9.99 Å². The third-order valence-electron chi connectivity index (χ3n) is 3.43. The molecule has 1 amide bonds. The third kappa shape index (κ3) is 3.45. The summed E-state index contributed by atoms with van der Waals surface area (Å²) >= 11 is 2.26. The zero-order valence-corrected chi connectivity index (χ0v) is 12.8. The van der Waals surface area contributed by atoms with Crippen LogP contribution in [-0.4, -0.2) is 29.9 Å². The summed E-state index contributed by atoms with van der Waals surface area (Å²) < 4.78 is 1.18. The van der Waals surface area contributed by atoms with Crippen LogP contribution in [0, 0.1) is 3.57 Å². The molecule has 1 aromatic rings. The molecule has 0 aliphatic carbocycles. The SMILES string of the molecule is CCN1CCCC[C@H]1C(=O)Nc1ccc(I)cc1. The Morgan fingerprint density at radius 2 is 2.11 bits per heavy atom. The molecule has 1 atom stereocenters. The molecule has 98 valence electrons. The highest BCUT2D eigenvalue weighted by Gasteiger charge is 2.27. The highest BCUT2D eigenvalue weighted by atomic mass is 127. The van der Waals surface area contributed by atoms with Gasteiger partial charge < -0.3 is 5.32 Å². The Kier molecular flexibility index (Phi) is 5.00. The summed E-state index contributed by atoms with van der Waals surface area (Å²) in [4.78, 5) is 14.5. The van der Waals surface area contributed by atoms with Crippen molar-refractivity contribution in [3.05, 3.63) is 27.8 Å². The van der Waals surface area contributed by atoms with Crippen LogP contribution in [-0.2, 0) is 4.79 Å². The highest BCUT2D eigenvalue weighted by molar-refractivity contribution is 14.1. The second kappa shape index (κ2) is 6.52. The van der Waals surface area contributed by atoms with Crippen molar-refractivity contribution in [1.29, 1.82) is 0 Å². The third-order valence-corrected chi connectivity index (χ3v) is 4.15. The fourth-order valence-electron chi connectivity index (χ4n) is 2.43. The molecule has 0 bridgehead atoms. The van der Waals surface area contributed by atoms with E-state index in [1.54, 1.807) is 0 Å². The number of anilines is 1. The molecule has 0 spiro atoms. The molecule has 0 unspecified atom stereocenters. The van der Waals surface area contributed by atoms with Crippen molar-refractivity contribution in [2.75, 3.05) is 18.4 Å². The molecule has 18 heavy (non-hydrogen) atoms. The summed E-state index contributed by atoms with van der Waals surface area (Å²) in [5.74, 6) is 0.137. The van der Waals surface area contributed by atoms with Crippen molar-refractivity contribution in [3.63, 3.8) is 0 Å². The van der Waals surface area contributed by atoms with Crippen LogP contribution in [0.1, 0.15) is 26.2 Å². The number of piperidine rings is 1. The number of hydrogen-bond donors (Lipinski definition) is 1. The van der Waals surface area contributed by atoms with E-state index in [-0.39, 0.29) is 11.9 Å². The van der Waals surface area contributed by atoms with Gasteiger partial charge >= 0.3 is 0 Å². The zero-order chi connectivity index (χ0) is 13.0. The lowest BCUT2D eigenvalue weighted by Crippen LogP contribution is -2.46. The first-order valence-corrected chi connectivity index (χ1v) is 7.59. The van der Waals surface area contributed by atoms with Crippen LogP contribution >= 0.6 is 22.6 Å². The van der Waals surface area contributed by atoms with Crippen molar-refractivity contribution in [1.82, 2.24) is 4.90 Å². The van der Waals surface area contributed by atoms with Crippen LogP contribution in [0.5, 0.6) is 0 Å². The largest absolute Gasteiger partial charge is 0.325 e. The van der Waals surface area contributed by atoms with Crippen LogP contribution in [0.15, 0.2) is 24.3 Å². The second-order valence-corrected chi connectivity index (χ2v) is 5.88. The maximum Gasteiger partial charge on any atom is 0.241 e. The fraction of sp³-hybridized carbons (Fsp3) is 0.500. The van der Waals surface area contributed by atoms with Crippen LogP contribution in [0.3, 0.4) is 0 Å². The Hall–Kier alpha value is -0.620. The lowest BCUT2D eigenvalue weighted by atomic mass is 10.0. The van der Waals surface area contributed by atoms with Gasteiger partial charge in [-0.15, -0.1) is 0 Å². The Labute approximate surface area is 122 Å². The molecule has 1 aromatic carbocycles. The molecule has 4 heteroatoms. The van der Waals surface area contributed by atoms with Crippen LogP contribution in [0.25, 0.3) is 0 Å². The van der Waals surface area contributed by atoms with Crippen molar-refractivity contribution < 1.29 is 4.79 Å². The number of hydrogen-bond acceptors (Lipinski definition) is 2. The van der Waals surface area contributed by atoms with Gasteiger partial charge in [0.1, 0.15) is 0 Å². The quantitative estimate of drug-likeness (QED) is 0.843. The molecule has 0 saturated carbocycles. The molecular weight excluding hydrogens is 339 g/mol. The van der Waals surface area contributed by atoms with E-state index in [9.17, 15) is 4.79 Å². The monoisotopic (exact) mass is 358 g/mol. The molecular formula is C14H19IN2O. The minimum absolute atomic E-state index is 0.0445. The normalized spacial score (nSPS) is 20.7. The van der Waals surface area contributed by atoms with Gasteiger partial charge in [-0.25, -0.2) is 0 Å². The first kappa shape index (κ1) is 13.8. The van der Waals surface area contributed by atoms with E-state index in [4.69, 9.17) is 0 Å². The van der Waals surface area contributed by atoms with Gasteiger partial charge in [0.15, 0.2) is 0 Å². The van der Waals surface area contributed by atoms with E-state index in [2.05, 4.69) is 39.7 Å². The highest BCUT2D eigenvalue weighted by Crippen LogP contribution is 2.19. The number of rotatable bonds is 3. The molecule has 0 aromatic heterocycles. The van der Waals surface area contributed by atoms with Crippen LogP contribution in [0.2, 0.25) is 0 Å². The average Bonchev–Trinajstić information content (AvgIpc) is 2.41. The van der Waals surface area contributed by atoms with Gasteiger partial charge in [0.05, 0.1) is 6.04 Å². The number of carbonyl (C=O) groups is 1. The van der Waals surface area contributed by atoms with E-state index in [0.29, 0.717) is 0 Å². The number of amides is 1. The molecule has 3 nitrogen and oxygen atoms in total. The van der Waals surface area contributed by atoms with Gasteiger partial charge in [-0.05, 0) is 72.8 Å². The lowest BCUT2D eigenvalue weighted by Gasteiger charge is -2.33. The number of likely N-dealkylation sites (tertiary alicyclic amines) is 1. The molecule has 2 rings (SSSR count). The molecule has 1 aliphatic rings. The van der Waals surface area contributed by atoms with Gasteiger partial charge in [-0.1, -0.05) is 13.3 Å². The van der Waals surface area contributed by atoms with Crippen LogP contribution < -0.4 is 5.32 Å². The number of nitrogens with zero attached hydrogens (tertiary/aromatic N) is 1. The van der Waals surface area contributed by atoms with Crippen molar-refractivity contribution in [3.8, 4) is 0 Å². The van der Waals surface area contributed by atoms with Crippen LogP contribution in [0.4, 0.5) is 5.69 Å². The molecule has 0 radical (unpaired) electrons. The van der Waals surface area contributed by atoms with Gasteiger partial charge in [0.2, 0.25) is 5.91 Å². The van der Waals surface area contributed by atoms with Gasteiger partial charge in [-0.3, -0.25) is 9.69 Å². The Morgan fingerprint density at radius 1 is 1.39 bits per heavy atom. The zero-order valence-electron chi connectivity index (χ0n) is 10.7. The maximum absolute atomic E-state index is 12.3. The number of likely N-dealkylation sites (N-methyl/N-ethyl adjacent to an activating group) is 1. The first-order valence-electron chi connectivity index (χ1n) is 6.51. The Balaban J connectivity index is 2.00. The van der Waals surface area contributed by atoms with E-state index in [1.807, 2.05) is 24.3 Å². The number of nitrogens with one attached hydrogen (secondary N) is 1. The first-order chi connectivity index (χ1) is 8.70. The minimum Gasteiger partial charge on any atom is -0.325 e. The Bertz CT molecular complexity index is 405. The van der Waals surface area contributed by atoms with E-state index < -0.39 is 0 Å². The van der Waals surface area contributed by atoms with Gasteiger partial charge in [0, 0.05) is 9.26 Å². The van der Waals surface area contributed by atoms with Crippen molar-refractivity contribution >= 4 is 34.2 Å². The molecule has 1 heterocycles. The number of halogens is 1. The van der Waals surface area contributed by atoms with Gasteiger partial charge in [-0.2, -0.15) is 0 Å². The molecule has 1 saturated heterocycles. The molecule has 1 fully saturated rings. The predicted octanol–water partition coefficient (Wildman–Crippen LogP) is 3.10. The summed E-state index contributed by atoms with van der Waals surface area (Å²) in [6, 6.07) is 7.98. The summed E-state index contributed by atoms with van der Waals surface area (Å²) in [5.41, 5.74) is 0.891. The molecule has 1 aliphatic heterocycles. The topological polar surface area (TPSA) is 32.3 Å². The van der Waals surface area contributed by atoms with E-state index >= 15 is 0 Å². The van der Waals surface area contributed by atoms with Crippen molar-refractivity contribution in [2.24, 2.45) is 0 Å². The summed E-state index contributed by atoms with van der Waals surface area (Å²) in [5, 5.41) is 3.02.